The Morgan fingerprint density at radius 1 is 0.957 bits per heavy atom. The number of ether oxygens (including phenoxy) is 3. The van der Waals surface area contributed by atoms with Crippen LogP contribution in [0.3, 0.4) is 0 Å². The van der Waals surface area contributed by atoms with Crippen molar-refractivity contribution in [2.75, 3.05) is 26.6 Å². The molecule has 0 unspecified atom stereocenters. The molecule has 0 fully saturated rings. The highest BCUT2D eigenvalue weighted by molar-refractivity contribution is 6.32. The van der Waals surface area contributed by atoms with Gasteiger partial charge in [0, 0.05) is 11.6 Å². The summed E-state index contributed by atoms with van der Waals surface area (Å²) in [7, 11) is 4.58. The van der Waals surface area contributed by atoms with E-state index in [2.05, 4.69) is 5.32 Å². The first-order valence-electron chi connectivity index (χ1n) is 6.87. The van der Waals surface area contributed by atoms with Crippen molar-refractivity contribution in [1.29, 1.82) is 0 Å². The van der Waals surface area contributed by atoms with Crippen molar-refractivity contribution in [3.8, 4) is 17.2 Å². The molecule has 2 aromatic carbocycles. The van der Waals surface area contributed by atoms with Gasteiger partial charge in [0.2, 0.25) is 0 Å². The maximum absolute atomic E-state index is 12.4. The van der Waals surface area contributed by atoms with Crippen molar-refractivity contribution in [3.05, 3.63) is 46.5 Å². The van der Waals surface area contributed by atoms with Gasteiger partial charge in [-0.2, -0.15) is 0 Å². The minimum Gasteiger partial charge on any atom is -0.496 e. The summed E-state index contributed by atoms with van der Waals surface area (Å²) in [6.07, 6.45) is 0. The molecule has 2 rings (SSSR count). The first kappa shape index (κ1) is 17.0. The highest BCUT2D eigenvalue weighted by Gasteiger charge is 2.14. The van der Waals surface area contributed by atoms with E-state index >= 15 is 0 Å². The van der Waals surface area contributed by atoms with Crippen LogP contribution in [0.4, 0.5) is 5.69 Å². The Morgan fingerprint density at radius 3 is 2.22 bits per heavy atom. The van der Waals surface area contributed by atoms with Gasteiger partial charge in [0.15, 0.2) is 0 Å². The second kappa shape index (κ2) is 7.24. The van der Waals surface area contributed by atoms with Crippen molar-refractivity contribution in [2.45, 2.75) is 6.92 Å². The fraction of sp³-hybridized carbons (Fsp3) is 0.235. The van der Waals surface area contributed by atoms with E-state index in [9.17, 15) is 4.79 Å². The number of carbonyl (C=O) groups excluding carboxylic acids is 1. The lowest BCUT2D eigenvalue weighted by atomic mass is 10.1. The minimum atomic E-state index is -0.289. The van der Waals surface area contributed by atoms with Crippen LogP contribution in [-0.4, -0.2) is 27.2 Å². The fourth-order valence-electron chi connectivity index (χ4n) is 2.11. The first-order valence-corrected chi connectivity index (χ1v) is 7.25. The SMILES string of the molecule is COc1cc(C(=O)Nc2cc(Cl)c(OC)cc2OC)ccc1C. The monoisotopic (exact) mass is 335 g/mol. The fourth-order valence-corrected chi connectivity index (χ4v) is 2.35. The molecule has 0 bridgehead atoms. The summed E-state index contributed by atoms with van der Waals surface area (Å²) in [5.74, 6) is 1.29. The molecular formula is C17H18ClNO4. The third kappa shape index (κ3) is 3.68. The Morgan fingerprint density at radius 2 is 1.61 bits per heavy atom. The molecule has 0 aliphatic carbocycles. The average molecular weight is 336 g/mol. The largest absolute Gasteiger partial charge is 0.496 e. The molecule has 0 aliphatic heterocycles. The molecule has 0 saturated heterocycles. The van der Waals surface area contributed by atoms with Gasteiger partial charge in [0.1, 0.15) is 17.2 Å². The smallest absolute Gasteiger partial charge is 0.255 e. The molecule has 23 heavy (non-hydrogen) atoms. The Bertz CT molecular complexity index is 731. The summed E-state index contributed by atoms with van der Waals surface area (Å²) in [5.41, 5.74) is 1.89. The lowest BCUT2D eigenvalue weighted by Crippen LogP contribution is -2.13. The van der Waals surface area contributed by atoms with E-state index in [-0.39, 0.29) is 5.91 Å². The first-order chi connectivity index (χ1) is 11.0. The maximum Gasteiger partial charge on any atom is 0.255 e. The zero-order chi connectivity index (χ0) is 17.0. The second-order valence-electron chi connectivity index (χ2n) is 4.83. The lowest BCUT2D eigenvalue weighted by molar-refractivity contribution is 0.102. The summed E-state index contributed by atoms with van der Waals surface area (Å²) in [6, 6.07) is 8.44. The molecule has 122 valence electrons. The molecule has 1 amide bonds. The number of anilines is 1. The van der Waals surface area contributed by atoms with E-state index in [1.807, 2.05) is 13.0 Å². The van der Waals surface area contributed by atoms with Crippen LogP contribution in [0.2, 0.25) is 5.02 Å². The van der Waals surface area contributed by atoms with Gasteiger partial charge in [-0.1, -0.05) is 17.7 Å². The van der Waals surface area contributed by atoms with Gasteiger partial charge >= 0.3 is 0 Å². The number of hydrogen-bond donors (Lipinski definition) is 1. The molecule has 0 aromatic heterocycles. The molecule has 5 nitrogen and oxygen atoms in total. The van der Waals surface area contributed by atoms with Gasteiger partial charge in [-0.05, 0) is 30.7 Å². The predicted molar refractivity (Wildman–Crippen MR) is 90.2 cm³/mol. The van der Waals surface area contributed by atoms with E-state index in [1.54, 1.807) is 31.4 Å². The number of amides is 1. The molecule has 0 heterocycles. The van der Waals surface area contributed by atoms with E-state index in [0.29, 0.717) is 33.5 Å². The van der Waals surface area contributed by atoms with Gasteiger partial charge in [-0.25, -0.2) is 0 Å². The number of halogens is 1. The summed E-state index contributed by atoms with van der Waals surface area (Å²) in [6.45, 7) is 1.91. The quantitative estimate of drug-likeness (QED) is 0.899. The van der Waals surface area contributed by atoms with Crippen LogP contribution in [0, 0.1) is 6.92 Å². The standard InChI is InChI=1S/C17H18ClNO4/c1-10-5-6-11(7-14(10)21-2)17(20)19-13-8-12(18)15(22-3)9-16(13)23-4/h5-9H,1-4H3,(H,19,20). The van der Waals surface area contributed by atoms with Crippen molar-refractivity contribution in [3.63, 3.8) is 0 Å². The van der Waals surface area contributed by atoms with Gasteiger partial charge in [-0.15, -0.1) is 0 Å². The Kier molecular flexibility index (Phi) is 5.34. The molecule has 0 saturated carbocycles. The van der Waals surface area contributed by atoms with Gasteiger partial charge in [-0.3, -0.25) is 4.79 Å². The van der Waals surface area contributed by atoms with Crippen LogP contribution in [0.25, 0.3) is 0 Å². The number of carbonyl (C=O) groups is 1. The van der Waals surface area contributed by atoms with Gasteiger partial charge in [0.25, 0.3) is 5.91 Å². The number of methoxy groups -OCH3 is 3. The van der Waals surface area contributed by atoms with E-state index in [0.717, 1.165) is 5.56 Å². The predicted octanol–water partition coefficient (Wildman–Crippen LogP) is 3.93. The normalized spacial score (nSPS) is 10.1. The van der Waals surface area contributed by atoms with Gasteiger partial charge in [0.05, 0.1) is 32.0 Å². The van der Waals surface area contributed by atoms with Crippen molar-refractivity contribution < 1.29 is 19.0 Å². The second-order valence-corrected chi connectivity index (χ2v) is 5.23. The highest BCUT2D eigenvalue weighted by atomic mass is 35.5. The molecule has 0 radical (unpaired) electrons. The summed E-state index contributed by atoms with van der Waals surface area (Å²) in [5, 5.41) is 3.16. The molecule has 2 aromatic rings. The van der Waals surface area contributed by atoms with Crippen molar-refractivity contribution >= 4 is 23.2 Å². The Balaban J connectivity index is 2.31. The number of aryl methyl sites for hydroxylation is 1. The maximum atomic E-state index is 12.4. The van der Waals surface area contributed by atoms with Crippen molar-refractivity contribution in [2.24, 2.45) is 0 Å². The minimum absolute atomic E-state index is 0.289. The van der Waals surface area contributed by atoms with Crippen LogP contribution in [0.5, 0.6) is 17.2 Å². The number of benzene rings is 2. The Hall–Kier alpha value is -2.40. The molecule has 6 heteroatoms. The molecule has 1 N–H and O–H groups in total. The number of rotatable bonds is 5. The lowest BCUT2D eigenvalue weighted by Gasteiger charge is -2.13. The van der Waals surface area contributed by atoms with E-state index in [4.69, 9.17) is 25.8 Å². The third-order valence-electron chi connectivity index (χ3n) is 3.39. The average Bonchev–Trinajstić information content (AvgIpc) is 2.55. The summed E-state index contributed by atoms with van der Waals surface area (Å²) < 4.78 is 15.6. The van der Waals surface area contributed by atoms with Crippen LogP contribution >= 0.6 is 11.6 Å². The molecule has 0 spiro atoms. The number of hydrogen-bond acceptors (Lipinski definition) is 4. The summed E-state index contributed by atoms with van der Waals surface area (Å²) >= 11 is 6.10. The van der Waals surface area contributed by atoms with Crippen LogP contribution in [0.15, 0.2) is 30.3 Å². The van der Waals surface area contributed by atoms with Gasteiger partial charge < -0.3 is 19.5 Å². The van der Waals surface area contributed by atoms with Crippen molar-refractivity contribution in [1.82, 2.24) is 0 Å². The zero-order valence-electron chi connectivity index (χ0n) is 13.4. The molecule has 0 aliphatic rings. The van der Waals surface area contributed by atoms with E-state index < -0.39 is 0 Å². The van der Waals surface area contributed by atoms with Crippen LogP contribution < -0.4 is 19.5 Å². The Labute approximate surface area is 140 Å². The summed E-state index contributed by atoms with van der Waals surface area (Å²) in [4.78, 5) is 12.4. The third-order valence-corrected chi connectivity index (χ3v) is 3.69. The highest BCUT2D eigenvalue weighted by Crippen LogP contribution is 2.36. The topological polar surface area (TPSA) is 56.8 Å². The molecular weight excluding hydrogens is 318 g/mol. The molecule has 0 atom stereocenters. The van der Waals surface area contributed by atoms with E-state index in [1.165, 1.54) is 14.2 Å². The number of nitrogens with one attached hydrogen (secondary N) is 1. The van der Waals surface area contributed by atoms with Crippen LogP contribution in [0.1, 0.15) is 15.9 Å². The zero-order valence-corrected chi connectivity index (χ0v) is 14.2. The van der Waals surface area contributed by atoms with Crippen LogP contribution in [-0.2, 0) is 0 Å².